The van der Waals surface area contributed by atoms with Gasteiger partial charge in [0, 0.05) is 57.1 Å². The molecule has 0 N–H and O–H groups in total. The lowest BCUT2D eigenvalue weighted by Gasteiger charge is -2.45. The molecule has 1 aliphatic carbocycles. The van der Waals surface area contributed by atoms with Gasteiger partial charge in [-0.3, -0.25) is 4.90 Å². The van der Waals surface area contributed by atoms with Gasteiger partial charge in [0.15, 0.2) is 0 Å². The molecule has 9 aromatic rings. The second kappa shape index (κ2) is 13.2. The van der Waals surface area contributed by atoms with Crippen molar-refractivity contribution in [2.75, 3.05) is 14.7 Å². The standard InChI is InChI=1S/C57H40B2N4/c1-5-18-38(19-6-1)44-37-57(44)36-39-20-15-30-49-54(39)58(45-28-14-13-27-43(45)57)47-34-48-53(35-52(47)61(49)40-21-7-2-8-22-40)62(41-23-9-3-10-24-41)50-31-16-32-51-55(50)59(48)46-29-17-33-60-56(46)63(51)42-25-11-4-12-26-42/h1-35,44H,36-37H2. The van der Waals surface area contributed by atoms with E-state index in [-0.39, 0.29) is 18.8 Å². The number of hydrogen-bond donors (Lipinski definition) is 0. The van der Waals surface area contributed by atoms with Gasteiger partial charge in [-0.2, -0.15) is 0 Å². The Morgan fingerprint density at radius 2 is 0.952 bits per heavy atom. The molecule has 14 rings (SSSR count). The highest BCUT2D eigenvalue weighted by atomic mass is 15.2. The quantitative estimate of drug-likeness (QED) is 0.166. The highest BCUT2D eigenvalue weighted by molar-refractivity contribution is 7.02. The predicted molar refractivity (Wildman–Crippen MR) is 263 cm³/mol. The SMILES string of the molecule is c1ccc(C2CC23Cc2cccc4c2B(c2cc5c(cc2N4c2ccccc2)N(c2ccccc2)c2cccc4c2B5c2cccnc2N4c2ccccc2)c2ccccc23)cc1. The maximum Gasteiger partial charge on any atom is 0.254 e. The Labute approximate surface area is 368 Å². The van der Waals surface area contributed by atoms with Crippen LogP contribution in [0.1, 0.15) is 29.0 Å². The van der Waals surface area contributed by atoms with Gasteiger partial charge >= 0.3 is 0 Å². The summed E-state index contributed by atoms with van der Waals surface area (Å²) >= 11 is 0. The first-order valence-corrected chi connectivity index (χ1v) is 22.3. The third-order valence-electron chi connectivity index (χ3n) is 14.8. The molecule has 2 unspecified atom stereocenters. The average Bonchev–Trinajstić information content (AvgIpc) is 4.10. The largest absolute Gasteiger partial charge is 0.311 e. The second-order valence-corrected chi connectivity index (χ2v) is 17.9. The van der Waals surface area contributed by atoms with Crippen LogP contribution >= 0.6 is 0 Å². The Morgan fingerprint density at radius 1 is 0.429 bits per heavy atom. The summed E-state index contributed by atoms with van der Waals surface area (Å²) in [7, 11) is 0. The van der Waals surface area contributed by atoms with Gasteiger partial charge in [0.2, 0.25) is 6.71 Å². The van der Waals surface area contributed by atoms with E-state index < -0.39 is 0 Å². The van der Waals surface area contributed by atoms with Crippen molar-refractivity contribution in [3.63, 3.8) is 0 Å². The van der Waals surface area contributed by atoms with Gasteiger partial charge in [0.05, 0.1) is 0 Å². The van der Waals surface area contributed by atoms with Crippen molar-refractivity contribution in [3.8, 4) is 0 Å². The number of aromatic nitrogens is 1. The molecule has 6 heteroatoms. The summed E-state index contributed by atoms with van der Waals surface area (Å²) in [6.07, 6.45) is 4.12. The smallest absolute Gasteiger partial charge is 0.254 e. The lowest BCUT2D eigenvalue weighted by Crippen LogP contribution is -2.64. The van der Waals surface area contributed by atoms with Crippen LogP contribution in [-0.4, -0.2) is 18.4 Å². The Kier molecular flexibility index (Phi) is 7.36. The molecule has 5 heterocycles. The van der Waals surface area contributed by atoms with Crippen molar-refractivity contribution in [2.45, 2.75) is 24.2 Å². The summed E-state index contributed by atoms with van der Waals surface area (Å²) < 4.78 is 0. The number of rotatable bonds is 4. The van der Waals surface area contributed by atoms with Gasteiger partial charge in [-0.15, -0.1) is 0 Å². The lowest BCUT2D eigenvalue weighted by atomic mass is 9.30. The van der Waals surface area contributed by atoms with Gasteiger partial charge in [0.1, 0.15) is 5.82 Å². The number of benzene rings is 8. The number of anilines is 9. The lowest BCUT2D eigenvalue weighted by molar-refractivity contribution is 0.667. The van der Waals surface area contributed by atoms with E-state index in [0.717, 1.165) is 30.0 Å². The second-order valence-electron chi connectivity index (χ2n) is 17.9. The van der Waals surface area contributed by atoms with Gasteiger partial charge in [-0.05, 0) is 129 Å². The van der Waals surface area contributed by atoms with E-state index in [1.807, 2.05) is 6.20 Å². The molecule has 2 atom stereocenters. The van der Waals surface area contributed by atoms with Crippen LogP contribution in [0.3, 0.4) is 0 Å². The summed E-state index contributed by atoms with van der Waals surface area (Å²) in [5.74, 6) is 1.45. The van der Waals surface area contributed by atoms with Gasteiger partial charge < -0.3 is 9.80 Å². The number of pyridine rings is 1. The van der Waals surface area contributed by atoms with E-state index in [2.05, 4.69) is 221 Å². The fourth-order valence-electron chi connectivity index (χ4n) is 12.2. The van der Waals surface area contributed by atoms with E-state index in [9.17, 15) is 0 Å². The van der Waals surface area contributed by atoms with E-state index in [1.165, 1.54) is 83.6 Å². The maximum atomic E-state index is 5.20. The molecule has 1 saturated carbocycles. The Balaban J connectivity index is 1.08. The number of nitrogens with zero attached hydrogens (tertiary/aromatic N) is 4. The molecule has 1 aromatic heterocycles. The minimum atomic E-state index is -0.0415. The van der Waals surface area contributed by atoms with Gasteiger partial charge in [-0.25, -0.2) is 4.98 Å². The average molecular weight is 803 g/mol. The minimum Gasteiger partial charge on any atom is -0.311 e. The zero-order valence-electron chi connectivity index (χ0n) is 34.6. The first-order chi connectivity index (χ1) is 31.3. The molecule has 0 saturated heterocycles. The van der Waals surface area contributed by atoms with Crippen LogP contribution in [0.15, 0.2) is 212 Å². The van der Waals surface area contributed by atoms with Crippen molar-refractivity contribution in [1.82, 2.24) is 4.98 Å². The maximum absolute atomic E-state index is 5.20. The van der Waals surface area contributed by atoms with Crippen LogP contribution in [0.2, 0.25) is 0 Å². The van der Waals surface area contributed by atoms with Crippen LogP contribution in [0.4, 0.5) is 51.3 Å². The summed E-state index contributed by atoms with van der Waals surface area (Å²) in [6.45, 7) is 0.00357. The molecule has 0 radical (unpaired) electrons. The Morgan fingerprint density at radius 3 is 1.62 bits per heavy atom. The molecule has 63 heavy (non-hydrogen) atoms. The monoisotopic (exact) mass is 802 g/mol. The Hall–Kier alpha value is -7.56. The molecule has 1 fully saturated rings. The third kappa shape index (κ3) is 4.92. The summed E-state index contributed by atoms with van der Waals surface area (Å²) in [5, 5.41) is 0. The number of fused-ring (bicyclic) bond motifs is 9. The van der Waals surface area contributed by atoms with Crippen LogP contribution in [0.25, 0.3) is 0 Å². The summed E-state index contributed by atoms with van der Waals surface area (Å²) in [6, 6.07) is 77.0. The van der Waals surface area contributed by atoms with Crippen LogP contribution in [-0.2, 0) is 11.8 Å². The molecular formula is C57H40B2N4. The molecule has 0 amide bonds. The fourth-order valence-corrected chi connectivity index (χ4v) is 12.2. The van der Waals surface area contributed by atoms with Crippen molar-refractivity contribution in [3.05, 3.63) is 229 Å². The molecule has 1 spiro atoms. The topological polar surface area (TPSA) is 22.6 Å². The molecule has 0 bridgehead atoms. The van der Waals surface area contributed by atoms with Crippen molar-refractivity contribution < 1.29 is 0 Å². The Bertz CT molecular complexity index is 3290. The number of para-hydroxylation sites is 3. The molecule has 8 aromatic carbocycles. The van der Waals surface area contributed by atoms with Crippen LogP contribution < -0.4 is 47.5 Å². The molecule has 5 aliphatic rings. The summed E-state index contributed by atoms with van der Waals surface area (Å²) in [4.78, 5) is 12.7. The fraction of sp³-hybridized carbons (Fsp3) is 0.0702. The molecule has 4 nitrogen and oxygen atoms in total. The normalized spacial score (nSPS) is 18.1. The zero-order chi connectivity index (χ0) is 41.2. The van der Waals surface area contributed by atoms with Crippen LogP contribution in [0.5, 0.6) is 0 Å². The van der Waals surface area contributed by atoms with E-state index in [0.29, 0.717) is 5.92 Å². The van der Waals surface area contributed by atoms with E-state index >= 15 is 0 Å². The summed E-state index contributed by atoms with van der Waals surface area (Å²) in [5.41, 5.74) is 22.0. The van der Waals surface area contributed by atoms with Crippen molar-refractivity contribution in [2.24, 2.45) is 0 Å². The molecule has 4 aliphatic heterocycles. The van der Waals surface area contributed by atoms with Crippen LogP contribution in [0, 0.1) is 0 Å². The highest BCUT2D eigenvalue weighted by Crippen LogP contribution is 2.62. The minimum absolute atomic E-state index is 0.0309. The molecular weight excluding hydrogens is 762 g/mol. The first kappa shape index (κ1) is 35.1. The number of hydrogen-bond acceptors (Lipinski definition) is 4. The van der Waals surface area contributed by atoms with Gasteiger partial charge in [-0.1, -0.05) is 145 Å². The van der Waals surface area contributed by atoms with Crippen molar-refractivity contribution >= 4 is 97.5 Å². The van der Waals surface area contributed by atoms with E-state index in [4.69, 9.17) is 4.98 Å². The first-order valence-electron chi connectivity index (χ1n) is 22.3. The van der Waals surface area contributed by atoms with Gasteiger partial charge in [0.25, 0.3) is 6.71 Å². The van der Waals surface area contributed by atoms with E-state index in [1.54, 1.807) is 0 Å². The zero-order valence-corrected chi connectivity index (χ0v) is 34.6. The highest BCUT2D eigenvalue weighted by Gasteiger charge is 2.59. The van der Waals surface area contributed by atoms with Crippen molar-refractivity contribution in [1.29, 1.82) is 0 Å². The predicted octanol–water partition coefficient (Wildman–Crippen LogP) is 9.45. The molecule has 294 valence electrons. The third-order valence-corrected chi connectivity index (χ3v) is 14.8.